The first-order chi connectivity index (χ1) is 17.2. The highest BCUT2D eigenvalue weighted by atomic mass is 16.6. The summed E-state index contributed by atoms with van der Waals surface area (Å²) in [6, 6.07) is 0. The number of hydrogen-bond donors (Lipinski definition) is 0. The molecule has 2 bridgehead atoms. The summed E-state index contributed by atoms with van der Waals surface area (Å²) in [7, 11) is 0. The molecule has 9 heteroatoms. The second kappa shape index (κ2) is 9.24. The predicted molar refractivity (Wildman–Crippen MR) is 130 cm³/mol. The molecule has 204 valence electrons. The normalized spacial score (nSPS) is 42.2. The molecule has 0 aromatic rings. The van der Waals surface area contributed by atoms with E-state index in [2.05, 4.69) is 20.4 Å². The molecule has 4 fully saturated rings. The van der Waals surface area contributed by atoms with Crippen LogP contribution >= 0.6 is 0 Å². The molecule has 37 heavy (non-hydrogen) atoms. The second-order valence-corrected chi connectivity index (χ2v) is 12.0. The average Bonchev–Trinajstić information content (AvgIpc) is 2.91. The Morgan fingerprint density at radius 1 is 0.865 bits per heavy atom. The van der Waals surface area contributed by atoms with Gasteiger partial charge < -0.3 is 18.9 Å². The SMILES string of the molecule is C=C1C(=O)[C@@]23[C@H](C[C@H](OC(C)=O)[C@H]1[C@@H]2OC(C)=O)[C@]1(C)CCC[C@](C)(COC(C)=O)[C@H]1C[C@H]3OC(C)=O. The zero-order chi connectivity index (χ0) is 27.5. The minimum absolute atomic E-state index is 0.0813. The zero-order valence-electron chi connectivity index (χ0n) is 22.6. The van der Waals surface area contributed by atoms with Gasteiger partial charge in [-0.05, 0) is 48.5 Å². The van der Waals surface area contributed by atoms with Crippen LogP contribution in [-0.2, 0) is 42.9 Å². The van der Waals surface area contributed by atoms with E-state index in [9.17, 15) is 24.0 Å². The van der Waals surface area contributed by atoms with Crippen LogP contribution < -0.4 is 0 Å². The summed E-state index contributed by atoms with van der Waals surface area (Å²) < 4.78 is 23.1. The van der Waals surface area contributed by atoms with Gasteiger partial charge in [-0.15, -0.1) is 0 Å². The number of carbonyl (C=O) groups is 5. The molecule has 0 aliphatic heterocycles. The molecule has 0 saturated heterocycles. The summed E-state index contributed by atoms with van der Waals surface area (Å²) in [6.45, 7) is 13.7. The van der Waals surface area contributed by atoms with Crippen molar-refractivity contribution in [2.75, 3.05) is 6.61 Å². The third-order valence-electron chi connectivity index (χ3n) is 9.73. The molecule has 0 N–H and O–H groups in total. The van der Waals surface area contributed by atoms with Crippen LogP contribution in [0.15, 0.2) is 12.2 Å². The first kappa shape index (κ1) is 27.3. The molecule has 4 aliphatic rings. The van der Waals surface area contributed by atoms with Crippen molar-refractivity contribution in [1.82, 2.24) is 0 Å². The van der Waals surface area contributed by atoms with Gasteiger partial charge in [-0.1, -0.05) is 26.8 Å². The van der Waals surface area contributed by atoms with Crippen molar-refractivity contribution in [3.63, 3.8) is 0 Å². The van der Waals surface area contributed by atoms with E-state index in [4.69, 9.17) is 18.9 Å². The van der Waals surface area contributed by atoms with Crippen molar-refractivity contribution in [1.29, 1.82) is 0 Å². The Morgan fingerprint density at radius 2 is 1.49 bits per heavy atom. The first-order valence-corrected chi connectivity index (χ1v) is 13.1. The fourth-order valence-corrected chi connectivity index (χ4v) is 8.62. The van der Waals surface area contributed by atoms with Crippen molar-refractivity contribution in [2.24, 2.45) is 34.0 Å². The van der Waals surface area contributed by atoms with E-state index in [-0.39, 0.29) is 29.9 Å². The van der Waals surface area contributed by atoms with E-state index in [0.717, 1.165) is 19.3 Å². The quantitative estimate of drug-likeness (QED) is 0.306. The fraction of sp³-hybridized carbons (Fsp3) is 0.750. The smallest absolute Gasteiger partial charge is 0.302 e. The monoisotopic (exact) mass is 518 g/mol. The standard InChI is InChI=1S/C28H38O9/c1-14-23-19(35-16(3)30)11-21-27(7)10-8-9-26(6,13-34-15(2)29)20(27)12-22(36-17(4)31)28(21,24(14)33)25(23)37-18(5)32/h19-23,25H,1,8-13H2,2-7H3/t19-,20+,21+,22+,23-,25-,26+,27+,28-/m0/s1. The minimum Gasteiger partial charge on any atom is -0.465 e. The van der Waals surface area contributed by atoms with Crippen LogP contribution in [0.4, 0.5) is 0 Å². The Kier molecular flexibility index (Phi) is 6.82. The Bertz CT molecular complexity index is 1050. The van der Waals surface area contributed by atoms with Gasteiger partial charge in [0.25, 0.3) is 0 Å². The third-order valence-corrected chi connectivity index (χ3v) is 9.73. The highest BCUT2D eigenvalue weighted by Gasteiger charge is 2.78. The molecule has 0 heterocycles. The van der Waals surface area contributed by atoms with Gasteiger partial charge in [-0.3, -0.25) is 24.0 Å². The lowest BCUT2D eigenvalue weighted by atomic mass is 9.39. The second-order valence-electron chi connectivity index (χ2n) is 12.0. The number of rotatable bonds is 5. The lowest BCUT2D eigenvalue weighted by molar-refractivity contribution is -0.254. The summed E-state index contributed by atoms with van der Waals surface area (Å²) in [4.78, 5) is 62.9. The van der Waals surface area contributed by atoms with Crippen molar-refractivity contribution >= 4 is 29.7 Å². The van der Waals surface area contributed by atoms with Gasteiger partial charge in [0.05, 0.1) is 12.5 Å². The number of carbonyl (C=O) groups excluding carboxylic acids is 5. The van der Waals surface area contributed by atoms with Crippen LogP contribution in [-0.4, -0.2) is 54.6 Å². The number of Topliss-reactive ketones (excluding diaryl/α,β-unsaturated/α-hetero) is 1. The highest BCUT2D eigenvalue weighted by Crippen LogP contribution is 2.72. The van der Waals surface area contributed by atoms with Crippen molar-refractivity contribution in [3.05, 3.63) is 12.2 Å². The maximum atomic E-state index is 14.3. The Balaban J connectivity index is 1.93. The molecule has 4 aliphatic carbocycles. The number of hydrogen-bond acceptors (Lipinski definition) is 9. The molecule has 0 unspecified atom stereocenters. The number of fused-ring (bicyclic) bond motifs is 3. The topological polar surface area (TPSA) is 122 Å². The molecule has 9 nitrogen and oxygen atoms in total. The molecule has 4 rings (SSSR count). The summed E-state index contributed by atoms with van der Waals surface area (Å²) in [5.74, 6) is -3.50. The number of ether oxygens (including phenoxy) is 4. The molecule has 0 radical (unpaired) electrons. The third kappa shape index (κ3) is 4.09. The van der Waals surface area contributed by atoms with Gasteiger partial charge in [0.15, 0.2) is 5.78 Å². The lowest BCUT2D eigenvalue weighted by Crippen LogP contribution is -2.70. The van der Waals surface area contributed by atoms with E-state index >= 15 is 0 Å². The van der Waals surface area contributed by atoms with Gasteiger partial charge in [-0.2, -0.15) is 0 Å². The van der Waals surface area contributed by atoms with E-state index < -0.39 is 64.3 Å². The maximum absolute atomic E-state index is 14.3. The van der Waals surface area contributed by atoms with Crippen LogP contribution in [0.5, 0.6) is 0 Å². The van der Waals surface area contributed by atoms with Crippen LogP contribution in [0.25, 0.3) is 0 Å². The van der Waals surface area contributed by atoms with Crippen molar-refractivity contribution < 1.29 is 42.9 Å². The Morgan fingerprint density at radius 3 is 2.05 bits per heavy atom. The van der Waals surface area contributed by atoms with Crippen LogP contribution in [0.2, 0.25) is 0 Å². The Labute approximate surface area is 217 Å². The van der Waals surface area contributed by atoms with E-state index in [1.54, 1.807) is 0 Å². The molecule has 0 aromatic carbocycles. The van der Waals surface area contributed by atoms with E-state index in [1.165, 1.54) is 27.7 Å². The van der Waals surface area contributed by atoms with Crippen molar-refractivity contribution in [3.8, 4) is 0 Å². The zero-order valence-corrected chi connectivity index (χ0v) is 22.6. The van der Waals surface area contributed by atoms with Crippen molar-refractivity contribution in [2.45, 2.75) is 92.0 Å². The minimum atomic E-state index is -1.33. The molecule has 0 aromatic heterocycles. The van der Waals surface area contributed by atoms with E-state index in [0.29, 0.717) is 12.8 Å². The van der Waals surface area contributed by atoms with Gasteiger partial charge >= 0.3 is 23.9 Å². The lowest BCUT2D eigenvalue weighted by Gasteiger charge is -2.66. The van der Waals surface area contributed by atoms with Gasteiger partial charge in [-0.25, -0.2) is 0 Å². The summed E-state index contributed by atoms with van der Waals surface area (Å²) >= 11 is 0. The molecular formula is C28H38O9. The number of esters is 4. The maximum Gasteiger partial charge on any atom is 0.302 e. The largest absolute Gasteiger partial charge is 0.465 e. The van der Waals surface area contributed by atoms with Gasteiger partial charge in [0.1, 0.15) is 23.7 Å². The highest BCUT2D eigenvalue weighted by molar-refractivity contribution is 6.05. The van der Waals surface area contributed by atoms with Gasteiger partial charge in [0.2, 0.25) is 0 Å². The predicted octanol–water partition coefficient (Wildman–Crippen LogP) is 3.32. The molecule has 1 spiro atoms. The Hall–Kier alpha value is -2.71. The average molecular weight is 519 g/mol. The van der Waals surface area contributed by atoms with Crippen LogP contribution in [0.3, 0.4) is 0 Å². The van der Waals surface area contributed by atoms with Crippen LogP contribution in [0.1, 0.15) is 73.6 Å². The van der Waals surface area contributed by atoms with Crippen LogP contribution in [0, 0.1) is 34.0 Å². The number of ketones is 1. The summed E-state index contributed by atoms with van der Waals surface area (Å²) in [5.41, 5.74) is -2.01. The molecular weight excluding hydrogens is 480 g/mol. The first-order valence-electron chi connectivity index (χ1n) is 13.1. The molecule has 4 saturated carbocycles. The fourth-order valence-electron chi connectivity index (χ4n) is 8.62. The summed E-state index contributed by atoms with van der Waals surface area (Å²) in [6.07, 6.45) is 0.552. The van der Waals surface area contributed by atoms with E-state index in [1.807, 2.05) is 0 Å². The summed E-state index contributed by atoms with van der Waals surface area (Å²) in [5, 5.41) is 0. The molecule has 9 atom stereocenters. The van der Waals surface area contributed by atoms with Gasteiger partial charge in [0, 0.05) is 33.1 Å². The molecule has 0 amide bonds.